The minimum absolute atomic E-state index is 0.0516. The molecule has 2 nitrogen and oxygen atoms in total. The Morgan fingerprint density at radius 1 is 1.25 bits per heavy atom. The van der Waals surface area contributed by atoms with Crippen molar-refractivity contribution in [1.29, 1.82) is 5.26 Å². The molecule has 0 spiro atoms. The van der Waals surface area contributed by atoms with Crippen molar-refractivity contribution in [2.24, 2.45) is 5.92 Å². The minimum Gasteiger partial charge on any atom is -0.296 e. The fourth-order valence-corrected chi connectivity index (χ4v) is 4.12. The van der Waals surface area contributed by atoms with Gasteiger partial charge in [-0.05, 0) is 31.2 Å². The Labute approximate surface area is 120 Å². The highest BCUT2D eigenvalue weighted by molar-refractivity contribution is 5.26. The van der Waals surface area contributed by atoms with Gasteiger partial charge in [0.15, 0.2) is 0 Å². The Balaban J connectivity index is 1.82. The average Bonchev–Trinajstić information content (AvgIpc) is 2.78. The molecule has 0 N–H and O–H groups in total. The van der Waals surface area contributed by atoms with Crippen molar-refractivity contribution in [3.63, 3.8) is 0 Å². The van der Waals surface area contributed by atoms with Gasteiger partial charge >= 0.3 is 0 Å². The van der Waals surface area contributed by atoms with Crippen molar-refractivity contribution >= 4 is 0 Å². The third-order valence-electron chi connectivity index (χ3n) is 4.99. The molecule has 2 saturated heterocycles. The summed E-state index contributed by atoms with van der Waals surface area (Å²) in [4.78, 5) is 2.41. The second-order valence-electron chi connectivity index (χ2n) is 5.99. The van der Waals surface area contributed by atoms with Gasteiger partial charge in [0.1, 0.15) is 0 Å². The van der Waals surface area contributed by atoms with Crippen LogP contribution in [0.15, 0.2) is 30.3 Å². The maximum Gasteiger partial charge on any atom is 0.0906 e. The van der Waals surface area contributed by atoms with Crippen LogP contribution in [0.5, 0.6) is 0 Å². The van der Waals surface area contributed by atoms with Crippen LogP contribution in [0.1, 0.15) is 37.2 Å². The number of nitriles is 1. The predicted molar refractivity (Wildman–Crippen MR) is 77.0 cm³/mol. The van der Waals surface area contributed by atoms with E-state index in [0.717, 1.165) is 19.4 Å². The lowest BCUT2D eigenvalue weighted by atomic mass is 9.77. The Hall–Kier alpha value is -1.40. The molecule has 4 atom stereocenters. The van der Waals surface area contributed by atoms with E-state index in [1.165, 1.54) is 12.0 Å². The summed E-state index contributed by atoms with van der Waals surface area (Å²) in [5, 5.41) is 9.64. The van der Waals surface area contributed by atoms with E-state index in [0.29, 0.717) is 24.4 Å². The molecule has 0 aromatic heterocycles. The highest BCUT2D eigenvalue weighted by Crippen LogP contribution is 2.46. The molecule has 20 heavy (non-hydrogen) atoms. The molecule has 2 bridgehead atoms. The summed E-state index contributed by atoms with van der Waals surface area (Å²) in [5.41, 5.74) is 1.29. The molecule has 1 aromatic carbocycles. The molecule has 0 amide bonds. The summed E-state index contributed by atoms with van der Waals surface area (Å²) in [6, 6.07) is 13.8. The van der Waals surface area contributed by atoms with Crippen molar-refractivity contribution in [3.05, 3.63) is 35.9 Å². The number of benzene rings is 1. The van der Waals surface area contributed by atoms with Gasteiger partial charge in [0.25, 0.3) is 0 Å². The zero-order chi connectivity index (χ0) is 13.9. The first-order valence-corrected chi connectivity index (χ1v) is 7.61. The third kappa shape index (κ3) is 2.33. The van der Waals surface area contributed by atoms with Crippen LogP contribution in [-0.2, 0) is 0 Å². The molecule has 0 radical (unpaired) electrons. The van der Waals surface area contributed by atoms with Gasteiger partial charge in [-0.15, -0.1) is 0 Å². The summed E-state index contributed by atoms with van der Waals surface area (Å²) in [6.45, 7) is 0.556. The van der Waals surface area contributed by atoms with Crippen LogP contribution >= 0.6 is 0 Å². The summed E-state index contributed by atoms with van der Waals surface area (Å²) in [7, 11) is 0. The quantitative estimate of drug-likeness (QED) is 0.838. The monoisotopic (exact) mass is 272 g/mol. The summed E-state index contributed by atoms with van der Waals surface area (Å²) < 4.78 is 12.5. The first-order valence-electron chi connectivity index (χ1n) is 7.61. The summed E-state index contributed by atoms with van der Waals surface area (Å²) >= 11 is 0. The smallest absolute Gasteiger partial charge is 0.0906 e. The molecule has 4 unspecified atom stereocenters. The molecule has 0 saturated carbocycles. The normalized spacial score (nSPS) is 33.0. The number of hydrogen-bond acceptors (Lipinski definition) is 2. The van der Waals surface area contributed by atoms with Crippen LogP contribution in [-0.4, -0.2) is 30.2 Å². The maximum atomic E-state index is 12.5. The van der Waals surface area contributed by atoms with E-state index in [1.807, 2.05) is 6.07 Å². The number of alkyl halides is 1. The molecule has 0 aliphatic carbocycles. The van der Waals surface area contributed by atoms with E-state index >= 15 is 0 Å². The Morgan fingerprint density at radius 3 is 2.75 bits per heavy atom. The summed E-state index contributed by atoms with van der Waals surface area (Å²) in [6.07, 6.45) is 3.91. The molecule has 106 valence electrons. The molecular weight excluding hydrogens is 251 g/mol. The van der Waals surface area contributed by atoms with Crippen molar-refractivity contribution in [2.75, 3.05) is 13.2 Å². The molecular formula is C17H21FN2. The van der Waals surface area contributed by atoms with Crippen molar-refractivity contribution in [2.45, 2.75) is 43.7 Å². The van der Waals surface area contributed by atoms with E-state index in [9.17, 15) is 9.65 Å². The van der Waals surface area contributed by atoms with Crippen LogP contribution < -0.4 is 0 Å². The largest absolute Gasteiger partial charge is 0.296 e. The topological polar surface area (TPSA) is 27.0 Å². The number of piperidine rings is 1. The van der Waals surface area contributed by atoms with E-state index < -0.39 is 0 Å². The van der Waals surface area contributed by atoms with Crippen LogP contribution in [0, 0.1) is 17.2 Å². The molecule has 3 rings (SSSR count). The lowest BCUT2D eigenvalue weighted by Crippen LogP contribution is -2.48. The zero-order valence-electron chi connectivity index (χ0n) is 11.7. The van der Waals surface area contributed by atoms with Crippen molar-refractivity contribution in [1.82, 2.24) is 4.90 Å². The number of nitrogens with zero attached hydrogens (tertiary/aromatic N) is 2. The van der Waals surface area contributed by atoms with Crippen LogP contribution in [0.2, 0.25) is 0 Å². The predicted octanol–water partition coefficient (Wildman–Crippen LogP) is 3.51. The Kier molecular flexibility index (Phi) is 4.03. The van der Waals surface area contributed by atoms with Gasteiger partial charge in [0.2, 0.25) is 0 Å². The summed E-state index contributed by atoms with van der Waals surface area (Å²) in [5.74, 6) is 0.399. The Morgan fingerprint density at radius 2 is 2.05 bits per heavy atom. The number of rotatable bonds is 4. The van der Waals surface area contributed by atoms with Gasteiger partial charge in [-0.3, -0.25) is 9.29 Å². The van der Waals surface area contributed by atoms with Crippen LogP contribution in [0.4, 0.5) is 4.39 Å². The lowest BCUT2D eigenvalue weighted by Gasteiger charge is -2.42. The number of halogens is 1. The van der Waals surface area contributed by atoms with E-state index in [-0.39, 0.29) is 12.6 Å². The third-order valence-corrected chi connectivity index (χ3v) is 4.99. The molecule has 3 heteroatoms. The van der Waals surface area contributed by atoms with E-state index in [2.05, 4.69) is 35.2 Å². The fraction of sp³-hybridized carbons (Fsp3) is 0.588. The van der Waals surface area contributed by atoms with Crippen molar-refractivity contribution in [3.8, 4) is 6.07 Å². The minimum atomic E-state index is -0.255. The average molecular weight is 272 g/mol. The molecule has 2 heterocycles. The van der Waals surface area contributed by atoms with E-state index in [4.69, 9.17) is 0 Å². The highest BCUT2D eigenvalue weighted by atomic mass is 19.1. The van der Waals surface area contributed by atoms with Gasteiger partial charge in [0.05, 0.1) is 18.7 Å². The Bertz CT molecular complexity index is 482. The standard InChI is InChI=1S/C17H21FN2/c18-9-4-10-20-14-7-8-17(20)16(12-19)15(11-14)13-5-2-1-3-6-13/h1-3,5-6,14-17H,4,7-11H2. The SMILES string of the molecule is N#CC1C(c2ccccc2)CC2CCC1N2CCCF. The highest BCUT2D eigenvalue weighted by Gasteiger charge is 2.47. The van der Waals surface area contributed by atoms with Crippen LogP contribution in [0.3, 0.4) is 0 Å². The zero-order valence-corrected chi connectivity index (χ0v) is 11.7. The van der Waals surface area contributed by atoms with Gasteiger partial charge < -0.3 is 0 Å². The first kappa shape index (κ1) is 13.6. The van der Waals surface area contributed by atoms with Gasteiger partial charge in [-0.25, -0.2) is 0 Å². The van der Waals surface area contributed by atoms with E-state index in [1.54, 1.807) is 0 Å². The molecule has 1 aromatic rings. The van der Waals surface area contributed by atoms with Crippen LogP contribution in [0.25, 0.3) is 0 Å². The second kappa shape index (κ2) is 5.93. The number of fused-ring (bicyclic) bond motifs is 2. The van der Waals surface area contributed by atoms with Gasteiger partial charge in [-0.2, -0.15) is 5.26 Å². The molecule has 2 fully saturated rings. The lowest BCUT2D eigenvalue weighted by molar-refractivity contribution is 0.0933. The first-order chi connectivity index (χ1) is 9.85. The molecule has 2 aliphatic rings. The van der Waals surface area contributed by atoms with Gasteiger partial charge in [0, 0.05) is 24.5 Å². The molecule has 2 aliphatic heterocycles. The maximum absolute atomic E-state index is 12.5. The van der Waals surface area contributed by atoms with Gasteiger partial charge in [-0.1, -0.05) is 30.3 Å². The fourth-order valence-electron chi connectivity index (χ4n) is 4.12. The second-order valence-corrected chi connectivity index (χ2v) is 5.99. The number of hydrogen-bond donors (Lipinski definition) is 0. The van der Waals surface area contributed by atoms with Crippen molar-refractivity contribution < 1.29 is 4.39 Å².